The van der Waals surface area contributed by atoms with Crippen LogP contribution in [-0.4, -0.2) is 28.9 Å². The molecule has 4 heteroatoms. The van der Waals surface area contributed by atoms with Crippen LogP contribution in [0.5, 0.6) is 0 Å². The van der Waals surface area contributed by atoms with Crippen molar-refractivity contribution >= 4 is 5.97 Å². The quantitative estimate of drug-likeness (QED) is 0.455. The van der Waals surface area contributed by atoms with Gasteiger partial charge in [-0.3, -0.25) is 0 Å². The second-order valence-electron chi connectivity index (χ2n) is 1.55. The van der Waals surface area contributed by atoms with Gasteiger partial charge in [0.25, 0.3) is 0 Å². The van der Waals surface area contributed by atoms with Crippen molar-refractivity contribution in [3.63, 3.8) is 0 Å². The number of hydrogen-bond acceptors (Lipinski definition) is 4. The number of carbonyl (C=O) groups excluding carboxylic acids is 1. The lowest BCUT2D eigenvalue weighted by Crippen LogP contribution is -2.17. The monoisotopic (exact) mass is 147 g/mol. The van der Waals surface area contributed by atoms with Crippen molar-refractivity contribution in [2.75, 3.05) is 6.61 Å². The molecule has 0 heterocycles. The summed E-state index contributed by atoms with van der Waals surface area (Å²) in [7, 11) is 0. The SMILES string of the molecule is C=CC(=O)[O-].CC(O)CO. The van der Waals surface area contributed by atoms with Crippen molar-refractivity contribution in [1.29, 1.82) is 0 Å². The highest BCUT2D eigenvalue weighted by atomic mass is 16.4. The molecule has 0 aliphatic rings. The summed E-state index contributed by atoms with van der Waals surface area (Å²) in [5.41, 5.74) is 0. The van der Waals surface area contributed by atoms with E-state index in [4.69, 9.17) is 20.1 Å². The summed E-state index contributed by atoms with van der Waals surface area (Å²) < 4.78 is 0. The molecule has 2 N–H and O–H groups in total. The lowest BCUT2D eigenvalue weighted by atomic mass is 10.5. The average Bonchev–Trinajstić information content (AvgIpc) is 1.89. The number of rotatable bonds is 2. The minimum atomic E-state index is -1.23. The van der Waals surface area contributed by atoms with Crippen molar-refractivity contribution < 1.29 is 20.1 Å². The lowest BCUT2D eigenvalue weighted by molar-refractivity contribution is -0.297. The van der Waals surface area contributed by atoms with Crippen LogP contribution in [0.1, 0.15) is 6.92 Å². The summed E-state index contributed by atoms with van der Waals surface area (Å²) in [4.78, 5) is 9.14. The van der Waals surface area contributed by atoms with E-state index in [-0.39, 0.29) is 6.61 Å². The molecule has 0 aromatic rings. The molecule has 0 aliphatic heterocycles. The molecule has 0 aliphatic carbocycles. The first-order valence-electron chi connectivity index (χ1n) is 2.67. The molecule has 0 fully saturated rings. The number of hydrogen-bond donors (Lipinski definition) is 2. The third kappa shape index (κ3) is 27.3. The normalized spacial score (nSPS) is 10.7. The predicted molar refractivity (Wildman–Crippen MR) is 34.0 cm³/mol. The first-order valence-corrected chi connectivity index (χ1v) is 2.67. The van der Waals surface area contributed by atoms with Crippen molar-refractivity contribution in [2.24, 2.45) is 0 Å². The molecule has 0 saturated heterocycles. The van der Waals surface area contributed by atoms with E-state index in [9.17, 15) is 0 Å². The Bertz CT molecular complexity index is 97.9. The van der Waals surface area contributed by atoms with Crippen LogP contribution in [0, 0.1) is 0 Å². The minimum absolute atomic E-state index is 0.139. The van der Waals surface area contributed by atoms with Gasteiger partial charge in [-0.15, -0.1) is 0 Å². The summed E-state index contributed by atoms with van der Waals surface area (Å²) >= 11 is 0. The molecule has 10 heavy (non-hydrogen) atoms. The molecule has 0 aromatic carbocycles. The fourth-order valence-corrected chi connectivity index (χ4v) is 0. The number of carboxylic acids is 1. The summed E-state index contributed by atoms with van der Waals surface area (Å²) in [6, 6.07) is 0. The van der Waals surface area contributed by atoms with Crippen molar-refractivity contribution in [3.8, 4) is 0 Å². The third-order valence-corrected chi connectivity index (χ3v) is 0.431. The molecular formula is C6H11O4-. The zero-order valence-corrected chi connectivity index (χ0v) is 5.78. The van der Waals surface area contributed by atoms with Gasteiger partial charge in [0.2, 0.25) is 0 Å². The largest absolute Gasteiger partial charge is 0.545 e. The van der Waals surface area contributed by atoms with Crippen LogP contribution in [0.2, 0.25) is 0 Å². The standard InChI is InChI=1S/C3H8O2.C3H4O2/c1-3(5)2-4;1-2-3(4)5/h3-5H,2H2,1H3;2H,1H2,(H,4,5)/p-1. The van der Waals surface area contributed by atoms with Crippen LogP contribution in [0.15, 0.2) is 12.7 Å². The van der Waals surface area contributed by atoms with E-state index in [2.05, 4.69) is 6.58 Å². The first kappa shape index (κ1) is 11.9. The molecule has 0 bridgehead atoms. The molecule has 0 saturated carbocycles. The van der Waals surface area contributed by atoms with E-state index in [0.29, 0.717) is 0 Å². The molecule has 60 valence electrons. The maximum absolute atomic E-state index is 9.14. The zero-order valence-electron chi connectivity index (χ0n) is 5.78. The van der Waals surface area contributed by atoms with Gasteiger partial charge in [-0.05, 0) is 13.0 Å². The molecule has 1 unspecified atom stereocenters. The second kappa shape index (κ2) is 8.13. The van der Waals surface area contributed by atoms with E-state index >= 15 is 0 Å². The Morgan fingerprint density at radius 2 is 2.10 bits per heavy atom. The van der Waals surface area contributed by atoms with Gasteiger partial charge >= 0.3 is 0 Å². The number of carboxylic acid groups (broad SMARTS) is 1. The Kier molecular flexibility index (Phi) is 9.65. The van der Waals surface area contributed by atoms with Gasteiger partial charge in [0.1, 0.15) is 0 Å². The van der Waals surface area contributed by atoms with Crippen molar-refractivity contribution in [1.82, 2.24) is 0 Å². The summed E-state index contributed by atoms with van der Waals surface area (Å²) in [6.07, 6.45) is 0.162. The fraction of sp³-hybridized carbons (Fsp3) is 0.500. The molecule has 0 aromatic heterocycles. The second-order valence-corrected chi connectivity index (χ2v) is 1.55. The zero-order chi connectivity index (χ0) is 8.57. The summed E-state index contributed by atoms with van der Waals surface area (Å²) in [5.74, 6) is -1.23. The predicted octanol–water partition coefficient (Wildman–Crippen LogP) is -1.72. The van der Waals surface area contributed by atoms with E-state index < -0.39 is 12.1 Å². The number of carbonyl (C=O) groups is 1. The average molecular weight is 147 g/mol. The Labute approximate surface area is 59.4 Å². The third-order valence-electron chi connectivity index (χ3n) is 0.431. The van der Waals surface area contributed by atoms with Gasteiger partial charge in [0.15, 0.2) is 0 Å². The topological polar surface area (TPSA) is 80.6 Å². The highest BCUT2D eigenvalue weighted by Crippen LogP contribution is 1.68. The Morgan fingerprint density at radius 3 is 2.10 bits per heavy atom. The first-order chi connectivity index (χ1) is 4.54. The van der Waals surface area contributed by atoms with E-state index in [1.54, 1.807) is 0 Å². The Hall–Kier alpha value is -0.870. The van der Waals surface area contributed by atoms with Gasteiger partial charge in [0.05, 0.1) is 18.7 Å². The summed E-state index contributed by atoms with van der Waals surface area (Å²) in [5, 5.41) is 25.1. The molecule has 0 amide bonds. The van der Waals surface area contributed by atoms with Crippen LogP contribution < -0.4 is 5.11 Å². The van der Waals surface area contributed by atoms with E-state index in [1.165, 1.54) is 6.92 Å². The molecular weight excluding hydrogens is 136 g/mol. The van der Waals surface area contributed by atoms with Crippen LogP contribution in [0.4, 0.5) is 0 Å². The van der Waals surface area contributed by atoms with Crippen LogP contribution in [0.25, 0.3) is 0 Å². The molecule has 1 atom stereocenters. The van der Waals surface area contributed by atoms with Gasteiger partial charge in [-0.2, -0.15) is 0 Å². The van der Waals surface area contributed by atoms with Gasteiger partial charge in [-0.25, -0.2) is 0 Å². The molecule has 0 radical (unpaired) electrons. The number of aliphatic hydroxyl groups is 2. The summed E-state index contributed by atoms with van der Waals surface area (Å²) in [6.45, 7) is 4.29. The number of aliphatic carboxylic acids is 1. The Morgan fingerprint density at radius 1 is 1.90 bits per heavy atom. The van der Waals surface area contributed by atoms with Crippen molar-refractivity contribution in [3.05, 3.63) is 12.7 Å². The van der Waals surface area contributed by atoms with Gasteiger partial charge < -0.3 is 20.1 Å². The van der Waals surface area contributed by atoms with Gasteiger partial charge in [-0.1, -0.05) is 6.58 Å². The van der Waals surface area contributed by atoms with Gasteiger partial charge in [0, 0.05) is 0 Å². The molecule has 0 spiro atoms. The van der Waals surface area contributed by atoms with Crippen LogP contribution >= 0.6 is 0 Å². The number of aliphatic hydroxyl groups excluding tert-OH is 2. The Balaban J connectivity index is 0. The lowest BCUT2D eigenvalue weighted by Gasteiger charge is -1.90. The minimum Gasteiger partial charge on any atom is -0.545 e. The highest BCUT2D eigenvalue weighted by Gasteiger charge is 1.83. The van der Waals surface area contributed by atoms with E-state index in [1.807, 2.05) is 0 Å². The molecule has 0 rings (SSSR count). The maximum Gasteiger partial charge on any atom is 0.0742 e. The van der Waals surface area contributed by atoms with Crippen LogP contribution in [-0.2, 0) is 4.79 Å². The molecule has 4 nitrogen and oxygen atoms in total. The highest BCUT2D eigenvalue weighted by molar-refractivity contribution is 5.76. The van der Waals surface area contributed by atoms with Crippen LogP contribution in [0.3, 0.4) is 0 Å². The van der Waals surface area contributed by atoms with E-state index in [0.717, 1.165) is 6.08 Å². The fourth-order valence-electron chi connectivity index (χ4n) is 0. The van der Waals surface area contributed by atoms with Crippen molar-refractivity contribution in [2.45, 2.75) is 13.0 Å². The maximum atomic E-state index is 9.14. The smallest absolute Gasteiger partial charge is 0.0742 e.